The Morgan fingerprint density at radius 2 is 1.39 bits per heavy atom. The maximum Gasteiger partial charge on any atom is 0.266 e. The first-order valence-electron chi connectivity index (χ1n) is 12.4. The third kappa shape index (κ3) is 3.93. The quantitative estimate of drug-likeness (QED) is 0.432. The molecule has 2 N–H and O–H groups in total. The van der Waals surface area contributed by atoms with Gasteiger partial charge in [-0.2, -0.15) is 0 Å². The van der Waals surface area contributed by atoms with E-state index < -0.39 is 11.4 Å². The molecule has 0 atom stereocenters. The lowest BCUT2D eigenvalue weighted by atomic mass is 9.83. The first-order valence-corrected chi connectivity index (χ1v) is 12.4. The number of hydrogen-bond donors (Lipinski definition) is 1. The molecule has 38 heavy (non-hydrogen) atoms. The minimum atomic E-state index is -1.35. The molecule has 0 saturated carbocycles. The summed E-state index contributed by atoms with van der Waals surface area (Å²) >= 11 is 0. The van der Waals surface area contributed by atoms with Crippen LogP contribution in [0.4, 0.5) is 4.39 Å². The number of halogens is 1. The zero-order valence-electron chi connectivity index (χ0n) is 20.5. The van der Waals surface area contributed by atoms with Crippen LogP contribution in [0.3, 0.4) is 0 Å². The number of guanidine groups is 1. The predicted octanol–water partition coefficient (Wildman–Crippen LogP) is 4.58. The van der Waals surface area contributed by atoms with E-state index >= 15 is 0 Å². The summed E-state index contributed by atoms with van der Waals surface area (Å²) in [7, 11) is 0. The van der Waals surface area contributed by atoms with Crippen LogP contribution in [0.5, 0.6) is 0 Å². The van der Waals surface area contributed by atoms with Gasteiger partial charge >= 0.3 is 0 Å². The van der Waals surface area contributed by atoms with Crippen molar-refractivity contribution in [3.05, 3.63) is 142 Å². The number of aliphatic imine (C=N–C) groups is 1. The monoisotopic (exact) mass is 504 g/mol. The lowest BCUT2D eigenvalue weighted by Crippen LogP contribution is -2.43. The van der Waals surface area contributed by atoms with Gasteiger partial charge < -0.3 is 10.6 Å². The molecule has 188 valence electrons. The fraction of sp³-hybridized carbons (Fsp3) is 0.129. The molecule has 0 unspecified atom stereocenters. The van der Waals surface area contributed by atoms with E-state index in [4.69, 9.17) is 5.73 Å². The van der Waals surface area contributed by atoms with Crippen molar-refractivity contribution in [1.82, 2.24) is 9.80 Å². The molecule has 2 amide bonds. The van der Waals surface area contributed by atoms with Crippen molar-refractivity contribution >= 4 is 17.8 Å². The first kappa shape index (κ1) is 23.6. The van der Waals surface area contributed by atoms with Gasteiger partial charge in [-0.3, -0.25) is 14.5 Å². The van der Waals surface area contributed by atoms with Crippen LogP contribution < -0.4 is 5.73 Å². The summed E-state index contributed by atoms with van der Waals surface area (Å²) in [5, 5.41) is 0. The van der Waals surface area contributed by atoms with Gasteiger partial charge in [-0.15, -0.1) is 0 Å². The zero-order chi connectivity index (χ0) is 26.3. The van der Waals surface area contributed by atoms with E-state index in [1.54, 1.807) is 11.0 Å². The van der Waals surface area contributed by atoms with E-state index in [2.05, 4.69) is 4.99 Å². The molecular formula is C31H25FN4O2. The standard InChI is InChI=1S/C31H25FN4O2/c32-27-16-21(15-24(17-27)28(37)35-19-22-9-7-8-10-23(22)20-35)18-36-29(38)31(34-30(36)33,25-11-3-1-4-12-25)26-13-5-2-6-14-26/h1-17H,18-20H2,(H2,33,34). The number of carbonyl (C=O) groups excluding carboxylic acids is 2. The molecule has 4 aromatic carbocycles. The van der Waals surface area contributed by atoms with Crippen LogP contribution in [0, 0.1) is 5.82 Å². The van der Waals surface area contributed by atoms with Crippen LogP contribution in [-0.2, 0) is 30.0 Å². The molecule has 0 aromatic heterocycles. The molecule has 6 rings (SSSR count). The second-order valence-corrected chi connectivity index (χ2v) is 9.58. The minimum absolute atomic E-state index is 0.0200. The average Bonchev–Trinajstić information content (AvgIpc) is 3.49. The first-order chi connectivity index (χ1) is 18.5. The van der Waals surface area contributed by atoms with E-state index in [0.717, 1.165) is 11.1 Å². The summed E-state index contributed by atoms with van der Waals surface area (Å²) in [4.78, 5) is 35.1. The van der Waals surface area contributed by atoms with Crippen LogP contribution in [0.1, 0.15) is 38.2 Å². The normalized spacial score (nSPS) is 15.9. The molecule has 2 aliphatic heterocycles. The van der Waals surface area contributed by atoms with E-state index in [-0.39, 0.29) is 29.9 Å². The molecule has 6 nitrogen and oxygen atoms in total. The summed E-state index contributed by atoms with van der Waals surface area (Å²) in [6.45, 7) is 0.928. The van der Waals surface area contributed by atoms with Gasteiger partial charge in [-0.1, -0.05) is 84.9 Å². The van der Waals surface area contributed by atoms with Crippen molar-refractivity contribution in [2.75, 3.05) is 0 Å². The fourth-order valence-electron chi connectivity index (χ4n) is 5.34. The summed E-state index contributed by atoms with van der Waals surface area (Å²) in [6.07, 6.45) is 0. The lowest BCUT2D eigenvalue weighted by Gasteiger charge is -2.27. The van der Waals surface area contributed by atoms with Crippen LogP contribution in [-0.4, -0.2) is 27.6 Å². The van der Waals surface area contributed by atoms with Crippen LogP contribution in [0.15, 0.2) is 108 Å². The average molecular weight is 505 g/mol. The van der Waals surface area contributed by atoms with E-state index in [9.17, 15) is 14.0 Å². The molecule has 4 aromatic rings. The summed E-state index contributed by atoms with van der Waals surface area (Å²) in [6, 6.07) is 30.6. The number of hydrogen-bond acceptors (Lipinski definition) is 4. The molecule has 7 heteroatoms. The van der Waals surface area contributed by atoms with Crippen LogP contribution in [0.2, 0.25) is 0 Å². The van der Waals surface area contributed by atoms with Gasteiger partial charge in [-0.05, 0) is 46.0 Å². The van der Waals surface area contributed by atoms with Gasteiger partial charge in [-0.25, -0.2) is 9.38 Å². The van der Waals surface area contributed by atoms with Crippen molar-refractivity contribution in [2.24, 2.45) is 10.7 Å². The third-order valence-electron chi connectivity index (χ3n) is 7.17. The largest absolute Gasteiger partial charge is 0.369 e. The smallest absolute Gasteiger partial charge is 0.266 e. The second-order valence-electron chi connectivity index (χ2n) is 9.58. The van der Waals surface area contributed by atoms with Crippen molar-refractivity contribution in [3.63, 3.8) is 0 Å². The number of carbonyl (C=O) groups is 2. The van der Waals surface area contributed by atoms with Crippen molar-refractivity contribution < 1.29 is 14.0 Å². The number of nitrogens with zero attached hydrogens (tertiary/aromatic N) is 3. The van der Waals surface area contributed by atoms with E-state index in [1.165, 1.54) is 17.0 Å². The SMILES string of the molecule is NC1=NC(c2ccccc2)(c2ccccc2)C(=O)N1Cc1cc(F)cc(C(=O)N2Cc3ccccc3C2)c1. The highest BCUT2D eigenvalue weighted by atomic mass is 19.1. The minimum Gasteiger partial charge on any atom is -0.369 e. The Labute approximate surface area is 219 Å². The van der Waals surface area contributed by atoms with Crippen molar-refractivity contribution in [3.8, 4) is 0 Å². The highest BCUT2D eigenvalue weighted by Gasteiger charge is 2.50. The molecule has 0 saturated heterocycles. The molecule has 0 fully saturated rings. The lowest BCUT2D eigenvalue weighted by molar-refractivity contribution is -0.130. The van der Waals surface area contributed by atoms with Gasteiger partial charge in [0.1, 0.15) is 5.82 Å². The topological polar surface area (TPSA) is 79.0 Å². The summed E-state index contributed by atoms with van der Waals surface area (Å²) in [5.74, 6) is -1.12. The number of nitrogens with two attached hydrogens (primary N) is 1. The maximum absolute atomic E-state index is 14.8. The molecule has 2 heterocycles. The van der Waals surface area contributed by atoms with E-state index in [1.807, 2.05) is 84.9 Å². The highest BCUT2D eigenvalue weighted by Crippen LogP contribution is 2.40. The Bertz CT molecular complexity index is 1510. The van der Waals surface area contributed by atoms with Gasteiger partial charge in [0.15, 0.2) is 11.5 Å². The van der Waals surface area contributed by atoms with Crippen molar-refractivity contribution in [1.29, 1.82) is 0 Å². The Morgan fingerprint density at radius 1 is 0.842 bits per heavy atom. The Balaban J connectivity index is 1.31. The van der Waals surface area contributed by atoms with Gasteiger partial charge in [0.2, 0.25) is 0 Å². The molecule has 0 aliphatic carbocycles. The highest BCUT2D eigenvalue weighted by molar-refractivity contribution is 6.09. The van der Waals surface area contributed by atoms with Crippen LogP contribution >= 0.6 is 0 Å². The molecule has 0 radical (unpaired) electrons. The third-order valence-corrected chi connectivity index (χ3v) is 7.17. The number of benzene rings is 4. The number of rotatable bonds is 5. The maximum atomic E-state index is 14.8. The Morgan fingerprint density at radius 3 is 1.97 bits per heavy atom. The molecule has 0 bridgehead atoms. The van der Waals surface area contributed by atoms with E-state index in [0.29, 0.717) is 29.8 Å². The fourth-order valence-corrected chi connectivity index (χ4v) is 5.34. The van der Waals surface area contributed by atoms with Crippen LogP contribution in [0.25, 0.3) is 0 Å². The summed E-state index contributed by atoms with van der Waals surface area (Å²) < 4.78 is 14.8. The number of amides is 2. The predicted molar refractivity (Wildman–Crippen MR) is 142 cm³/mol. The second kappa shape index (κ2) is 9.27. The summed E-state index contributed by atoms with van der Waals surface area (Å²) in [5.41, 5.74) is 9.21. The van der Waals surface area contributed by atoms with Gasteiger partial charge in [0.25, 0.3) is 11.8 Å². The van der Waals surface area contributed by atoms with Gasteiger partial charge in [0, 0.05) is 18.7 Å². The Hall–Kier alpha value is -4.78. The molecular weight excluding hydrogens is 479 g/mol. The van der Waals surface area contributed by atoms with Gasteiger partial charge in [0.05, 0.1) is 6.54 Å². The number of fused-ring (bicyclic) bond motifs is 1. The van der Waals surface area contributed by atoms with Crippen molar-refractivity contribution in [2.45, 2.75) is 25.2 Å². The zero-order valence-corrected chi connectivity index (χ0v) is 20.5. The molecule has 2 aliphatic rings. The Kier molecular flexibility index (Phi) is 5.76. The molecule has 0 spiro atoms.